The number of carbonyl (C=O) groups excluding carboxylic acids is 1. The minimum Gasteiger partial charge on any atom is -0.444 e. The fourth-order valence-electron chi connectivity index (χ4n) is 4.90. The third-order valence-electron chi connectivity index (χ3n) is 6.83. The van der Waals surface area contributed by atoms with Gasteiger partial charge in [-0.2, -0.15) is 52.7 Å². The molecule has 0 aliphatic carbocycles. The summed E-state index contributed by atoms with van der Waals surface area (Å²) < 4.78 is 177. The van der Waals surface area contributed by atoms with Gasteiger partial charge in [0.2, 0.25) is 0 Å². The van der Waals surface area contributed by atoms with Crippen LogP contribution in [-0.2, 0) is 39.8 Å². The molecule has 46 heavy (non-hydrogen) atoms. The molecule has 0 unspecified atom stereocenters. The number of hydrogen-bond donors (Lipinski definition) is 1. The Morgan fingerprint density at radius 1 is 0.761 bits per heavy atom. The molecule has 0 spiro atoms. The third kappa shape index (κ3) is 8.19. The summed E-state index contributed by atoms with van der Waals surface area (Å²) in [6.45, 7) is 2.99. The van der Waals surface area contributed by atoms with Crippen LogP contribution in [0.2, 0.25) is 0 Å². The van der Waals surface area contributed by atoms with Crippen LogP contribution >= 0.6 is 0 Å². The fourth-order valence-corrected chi connectivity index (χ4v) is 4.90. The molecule has 1 aliphatic rings. The molecule has 2 atom stereocenters. The van der Waals surface area contributed by atoms with Crippen molar-refractivity contribution in [1.29, 1.82) is 0 Å². The predicted octanol–water partition coefficient (Wildman–Crippen LogP) is 8.03. The molecule has 0 aromatic heterocycles. The number of terminal acetylenes is 1. The number of aliphatic hydroxyl groups is 1. The van der Waals surface area contributed by atoms with E-state index in [9.17, 15) is 62.6 Å². The van der Waals surface area contributed by atoms with E-state index in [0.29, 0.717) is 4.90 Å². The van der Waals surface area contributed by atoms with Crippen molar-refractivity contribution in [2.45, 2.75) is 75.2 Å². The first kappa shape index (κ1) is 36.8. The average Bonchev–Trinajstić information content (AvgIpc) is 3.33. The highest BCUT2D eigenvalue weighted by Gasteiger charge is 2.54. The number of carbonyl (C=O) groups is 1. The van der Waals surface area contributed by atoms with Crippen LogP contribution < -0.4 is 0 Å². The molecular formula is C29H25F12NO4. The molecule has 2 aromatic rings. The lowest BCUT2D eigenvalue weighted by Gasteiger charge is -2.41. The number of amides is 1. The molecule has 1 heterocycles. The summed E-state index contributed by atoms with van der Waals surface area (Å²) in [5, 5.41) is 12.3. The Balaban J connectivity index is 2.51. The van der Waals surface area contributed by atoms with E-state index in [-0.39, 0.29) is 36.4 Å². The summed E-state index contributed by atoms with van der Waals surface area (Å²) in [6.07, 6.45) is -20.3. The lowest BCUT2D eigenvalue weighted by molar-refractivity contribution is -0.144. The molecule has 254 valence electrons. The van der Waals surface area contributed by atoms with Crippen LogP contribution in [-0.4, -0.2) is 47.0 Å². The quantitative estimate of drug-likeness (QED) is 0.257. The molecule has 5 nitrogen and oxygen atoms in total. The maximum absolute atomic E-state index is 13.9. The maximum atomic E-state index is 13.9. The summed E-state index contributed by atoms with van der Waals surface area (Å²) in [5.41, 5.74) is -15.9. The van der Waals surface area contributed by atoms with Crippen LogP contribution in [0.5, 0.6) is 0 Å². The van der Waals surface area contributed by atoms with Gasteiger partial charge >= 0.3 is 30.8 Å². The number of nitrogens with zero attached hydrogens (tertiary/aromatic N) is 1. The van der Waals surface area contributed by atoms with E-state index in [0.717, 1.165) is 0 Å². The topological polar surface area (TPSA) is 59.0 Å². The van der Waals surface area contributed by atoms with E-state index < -0.39 is 107 Å². The Labute approximate surface area is 254 Å². The monoisotopic (exact) mass is 679 g/mol. The van der Waals surface area contributed by atoms with Crippen molar-refractivity contribution in [2.75, 3.05) is 13.2 Å². The molecule has 0 saturated carbocycles. The molecule has 1 aliphatic heterocycles. The maximum Gasteiger partial charge on any atom is 0.416 e. The van der Waals surface area contributed by atoms with Gasteiger partial charge in [-0.05, 0) is 74.7 Å². The zero-order chi connectivity index (χ0) is 35.3. The van der Waals surface area contributed by atoms with Gasteiger partial charge in [0.25, 0.3) is 0 Å². The lowest BCUT2D eigenvalue weighted by Crippen LogP contribution is -2.52. The fraction of sp³-hybridized carbons (Fsp3) is 0.483. The van der Waals surface area contributed by atoms with Gasteiger partial charge in [0, 0.05) is 0 Å². The Morgan fingerprint density at radius 3 is 1.41 bits per heavy atom. The molecule has 1 amide bonds. The number of benzene rings is 2. The molecule has 1 fully saturated rings. The molecule has 17 heteroatoms. The predicted molar refractivity (Wildman–Crippen MR) is 136 cm³/mol. The number of likely N-dealkylation sites (tertiary alicyclic amines) is 1. The minimum atomic E-state index is -5.54. The number of halogens is 12. The number of alkyl halides is 12. The third-order valence-corrected chi connectivity index (χ3v) is 6.83. The lowest BCUT2D eigenvalue weighted by atomic mass is 9.76. The number of hydrogen-bond acceptors (Lipinski definition) is 4. The largest absolute Gasteiger partial charge is 0.444 e. The second-order valence-electron chi connectivity index (χ2n) is 11.4. The highest BCUT2D eigenvalue weighted by atomic mass is 19.4. The van der Waals surface area contributed by atoms with E-state index in [2.05, 4.69) is 5.92 Å². The molecule has 2 aromatic carbocycles. The van der Waals surface area contributed by atoms with Crippen LogP contribution in [0.15, 0.2) is 36.4 Å². The molecule has 0 bridgehead atoms. The van der Waals surface area contributed by atoms with Gasteiger partial charge in [0.15, 0.2) is 0 Å². The van der Waals surface area contributed by atoms with Gasteiger partial charge in [0.05, 0.1) is 40.9 Å². The van der Waals surface area contributed by atoms with Gasteiger partial charge in [0.1, 0.15) is 17.8 Å². The molecule has 3 rings (SSSR count). The van der Waals surface area contributed by atoms with Crippen molar-refractivity contribution >= 4 is 6.09 Å². The molecular weight excluding hydrogens is 654 g/mol. The van der Waals surface area contributed by atoms with Gasteiger partial charge in [-0.3, -0.25) is 4.90 Å². The van der Waals surface area contributed by atoms with Crippen LogP contribution in [0.25, 0.3) is 0 Å². The first-order valence-electron chi connectivity index (χ1n) is 13.0. The molecule has 1 saturated heterocycles. The Hall–Kier alpha value is -3.65. The zero-order valence-corrected chi connectivity index (χ0v) is 24.0. The Kier molecular flexibility index (Phi) is 9.75. The first-order chi connectivity index (χ1) is 20.7. The standard InChI is InChI=1S/C29H25F12NO4/c1-5-6-45-21-13-22(42(14-21)23(43)46-24(2,3)4)25(44,15-7-17(26(30,31)32)11-18(8-15)27(33,34)35)16-9-19(28(36,37)38)12-20(10-16)29(39,40)41/h1,7-12,21-22,44H,6,13-14H2,2-4H3/t21-,22+/m1/s1. The number of ether oxygens (including phenoxy) is 2. The Morgan fingerprint density at radius 2 is 1.11 bits per heavy atom. The van der Waals surface area contributed by atoms with E-state index in [1.54, 1.807) is 0 Å². The normalized spacial score (nSPS) is 18.5. The molecule has 1 N–H and O–H groups in total. The van der Waals surface area contributed by atoms with Crippen molar-refractivity contribution in [3.8, 4) is 12.3 Å². The highest BCUT2D eigenvalue weighted by Crippen LogP contribution is 2.48. The SMILES string of the molecule is C#CCO[C@@H]1C[C@@H](C(O)(c2cc(C(F)(F)F)cc(C(F)(F)F)c2)c2cc(C(F)(F)F)cc(C(F)(F)F)c2)N(C(=O)OC(C)(C)C)C1. The van der Waals surface area contributed by atoms with Gasteiger partial charge in [-0.15, -0.1) is 6.42 Å². The first-order valence-corrected chi connectivity index (χ1v) is 13.0. The van der Waals surface area contributed by atoms with Crippen LogP contribution in [0.1, 0.15) is 60.6 Å². The van der Waals surface area contributed by atoms with E-state index in [1.807, 2.05) is 0 Å². The summed E-state index contributed by atoms with van der Waals surface area (Å²) in [6, 6.07) is -3.05. The van der Waals surface area contributed by atoms with Crippen molar-refractivity contribution in [3.63, 3.8) is 0 Å². The summed E-state index contributed by atoms with van der Waals surface area (Å²) >= 11 is 0. The van der Waals surface area contributed by atoms with Crippen molar-refractivity contribution in [2.24, 2.45) is 0 Å². The van der Waals surface area contributed by atoms with Gasteiger partial charge < -0.3 is 14.6 Å². The van der Waals surface area contributed by atoms with Crippen LogP contribution in [0, 0.1) is 12.3 Å². The van der Waals surface area contributed by atoms with Crippen molar-refractivity contribution in [1.82, 2.24) is 4.90 Å². The summed E-state index contributed by atoms with van der Waals surface area (Å²) in [7, 11) is 0. The van der Waals surface area contributed by atoms with Gasteiger partial charge in [-0.25, -0.2) is 4.79 Å². The van der Waals surface area contributed by atoms with E-state index in [1.165, 1.54) is 20.8 Å². The smallest absolute Gasteiger partial charge is 0.416 e. The van der Waals surface area contributed by atoms with Gasteiger partial charge in [-0.1, -0.05) is 5.92 Å². The second kappa shape index (κ2) is 12.2. The summed E-state index contributed by atoms with van der Waals surface area (Å²) in [4.78, 5) is 13.8. The number of rotatable bonds is 5. The summed E-state index contributed by atoms with van der Waals surface area (Å²) in [5.74, 6) is 2.07. The Bertz CT molecular complexity index is 1340. The van der Waals surface area contributed by atoms with Crippen molar-refractivity contribution < 1.29 is 72.1 Å². The highest BCUT2D eigenvalue weighted by molar-refractivity contribution is 5.70. The minimum absolute atomic E-state index is 0.0499. The van der Waals surface area contributed by atoms with Crippen LogP contribution in [0.4, 0.5) is 57.5 Å². The average molecular weight is 679 g/mol. The van der Waals surface area contributed by atoms with Crippen molar-refractivity contribution in [3.05, 3.63) is 69.8 Å². The molecule has 0 radical (unpaired) electrons. The second-order valence-corrected chi connectivity index (χ2v) is 11.4. The zero-order valence-electron chi connectivity index (χ0n) is 24.0. The van der Waals surface area contributed by atoms with E-state index in [4.69, 9.17) is 15.9 Å². The van der Waals surface area contributed by atoms with E-state index >= 15 is 0 Å². The van der Waals surface area contributed by atoms with Crippen LogP contribution in [0.3, 0.4) is 0 Å².